The van der Waals surface area contributed by atoms with Crippen LogP contribution in [0.2, 0.25) is 5.02 Å². The molecule has 0 fully saturated rings. The van der Waals surface area contributed by atoms with Crippen LogP contribution in [0.15, 0.2) is 30.3 Å². The summed E-state index contributed by atoms with van der Waals surface area (Å²) in [5.74, 6) is 0.434. The number of aryl methyl sites for hydroxylation is 1. The first kappa shape index (κ1) is 13.3. The summed E-state index contributed by atoms with van der Waals surface area (Å²) in [7, 11) is 0. The molecule has 19 heavy (non-hydrogen) atoms. The third-order valence-electron chi connectivity index (χ3n) is 2.69. The minimum absolute atomic E-state index is 0.0398. The molecular formula is C14H13ClN4. The van der Waals surface area contributed by atoms with Gasteiger partial charge in [0.1, 0.15) is 11.8 Å². The van der Waals surface area contributed by atoms with E-state index in [9.17, 15) is 0 Å². The Balaban J connectivity index is 2.24. The van der Waals surface area contributed by atoms with Crippen molar-refractivity contribution in [2.45, 2.75) is 19.9 Å². The predicted molar refractivity (Wildman–Crippen MR) is 75.0 cm³/mol. The summed E-state index contributed by atoms with van der Waals surface area (Å²) in [5.41, 5.74) is 2.06. The molecule has 0 saturated carbocycles. The Bertz CT molecular complexity index is 634. The first-order valence-corrected chi connectivity index (χ1v) is 6.24. The number of hydrogen-bond donors (Lipinski definition) is 1. The van der Waals surface area contributed by atoms with Gasteiger partial charge in [-0.25, -0.2) is 9.97 Å². The van der Waals surface area contributed by atoms with E-state index in [2.05, 4.69) is 15.3 Å². The van der Waals surface area contributed by atoms with Crippen molar-refractivity contribution >= 4 is 17.5 Å². The van der Waals surface area contributed by atoms with Crippen LogP contribution in [-0.2, 0) is 0 Å². The molecule has 2 aromatic rings. The van der Waals surface area contributed by atoms with Crippen molar-refractivity contribution in [2.24, 2.45) is 0 Å². The largest absolute Gasteiger partial charge is 0.348 e. The number of nitriles is 1. The Morgan fingerprint density at radius 1 is 1.32 bits per heavy atom. The lowest BCUT2D eigenvalue weighted by molar-refractivity contribution is 0.855. The number of halogens is 1. The Morgan fingerprint density at radius 3 is 2.74 bits per heavy atom. The van der Waals surface area contributed by atoms with Gasteiger partial charge in [-0.3, -0.25) is 0 Å². The summed E-state index contributed by atoms with van der Waals surface area (Å²) in [6.07, 6.45) is 0. The molecule has 0 radical (unpaired) electrons. The van der Waals surface area contributed by atoms with Crippen molar-refractivity contribution in [2.75, 3.05) is 5.32 Å². The number of nitrogens with zero attached hydrogens (tertiary/aromatic N) is 3. The first-order valence-electron chi connectivity index (χ1n) is 5.87. The van der Waals surface area contributed by atoms with Gasteiger partial charge in [0.25, 0.3) is 0 Å². The fraction of sp³-hybridized carbons (Fsp3) is 0.214. The third-order valence-corrected chi connectivity index (χ3v) is 3.03. The van der Waals surface area contributed by atoms with Crippen LogP contribution in [0.25, 0.3) is 0 Å². The van der Waals surface area contributed by atoms with Gasteiger partial charge < -0.3 is 5.32 Å². The number of anilines is 1. The second-order valence-corrected chi connectivity index (χ2v) is 4.62. The normalized spacial score (nSPS) is 11.7. The maximum Gasteiger partial charge on any atom is 0.224 e. The van der Waals surface area contributed by atoms with Gasteiger partial charge in [-0.2, -0.15) is 5.26 Å². The van der Waals surface area contributed by atoms with Gasteiger partial charge in [0.05, 0.1) is 6.04 Å². The molecule has 5 heteroatoms. The highest BCUT2D eigenvalue weighted by Crippen LogP contribution is 2.24. The molecule has 0 spiro atoms. The molecule has 2 rings (SSSR count). The summed E-state index contributed by atoms with van der Waals surface area (Å²) in [6, 6.07) is 11.2. The van der Waals surface area contributed by atoms with E-state index in [4.69, 9.17) is 16.9 Å². The fourth-order valence-corrected chi connectivity index (χ4v) is 2.09. The molecule has 0 bridgehead atoms. The van der Waals surface area contributed by atoms with Crippen LogP contribution in [0.5, 0.6) is 0 Å². The molecule has 1 aromatic heterocycles. The molecule has 1 unspecified atom stereocenters. The predicted octanol–water partition coefficient (Wildman–Crippen LogP) is 3.48. The quantitative estimate of drug-likeness (QED) is 0.929. The molecule has 0 aliphatic carbocycles. The molecular weight excluding hydrogens is 260 g/mol. The van der Waals surface area contributed by atoms with E-state index in [1.54, 1.807) is 6.07 Å². The van der Waals surface area contributed by atoms with Gasteiger partial charge in [-0.15, -0.1) is 0 Å². The highest BCUT2D eigenvalue weighted by molar-refractivity contribution is 6.31. The van der Waals surface area contributed by atoms with E-state index < -0.39 is 0 Å². The molecule has 96 valence electrons. The maximum atomic E-state index is 8.89. The topological polar surface area (TPSA) is 61.6 Å². The van der Waals surface area contributed by atoms with E-state index in [-0.39, 0.29) is 6.04 Å². The first-order chi connectivity index (χ1) is 9.10. The average Bonchev–Trinajstić information content (AvgIpc) is 2.38. The zero-order valence-electron chi connectivity index (χ0n) is 10.7. The molecule has 0 aliphatic rings. The number of aromatic nitrogens is 2. The molecule has 0 amide bonds. The smallest absolute Gasteiger partial charge is 0.224 e. The minimum atomic E-state index is -0.0398. The van der Waals surface area contributed by atoms with Crippen molar-refractivity contribution < 1.29 is 0 Å². The lowest BCUT2D eigenvalue weighted by atomic mass is 10.1. The lowest BCUT2D eigenvalue weighted by Crippen LogP contribution is -2.11. The molecule has 1 heterocycles. The average molecular weight is 273 g/mol. The second-order valence-electron chi connectivity index (χ2n) is 4.22. The van der Waals surface area contributed by atoms with Gasteiger partial charge in [0.2, 0.25) is 5.95 Å². The van der Waals surface area contributed by atoms with Crippen molar-refractivity contribution in [3.05, 3.63) is 52.3 Å². The SMILES string of the molecule is Cc1cc(C#N)nc(NC(C)c2ccccc2Cl)n1. The highest BCUT2D eigenvalue weighted by atomic mass is 35.5. The highest BCUT2D eigenvalue weighted by Gasteiger charge is 2.11. The van der Waals surface area contributed by atoms with E-state index >= 15 is 0 Å². The van der Waals surface area contributed by atoms with Crippen LogP contribution in [0.1, 0.15) is 29.9 Å². The monoisotopic (exact) mass is 272 g/mol. The maximum absolute atomic E-state index is 8.89. The van der Waals surface area contributed by atoms with Crippen LogP contribution in [-0.4, -0.2) is 9.97 Å². The second kappa shape index (κ2) is 5.68. The number of rotatable bonds is 3. The standard InChI is InChI=1S/C14H13ClN4/c1-9-7-11(8-16)19-14(17-9)18-10(2)12-5-3-4-6-13(12)15/h3-7,10H,1-2H3,(H,17,18,19). The molecule has 4 nitrogen and oxygen atoms in total. The van der Waals surface area contributed by atoms with E-state index in [0.717, 1.165) is 11.3 Å². The van der Waals surface area contributed by atoms with E-state index in [1.807, 2.05) is 44.2 Å². The molecule has 0 aliphatic heterocycles. The Morgan fingerprint density at radius 2 is 2.05 bits per heavy atom. The van der Waals surface area contributed by atoms with Crippen LogP contribution >= 0.6 is 11.6 Å². The summed E-state index contributed by atoms with van der Waals surface area (Å²) >= 11 is 6.14. The zero-order chi connectivity index (χ0) is 13.8. The van der Waals surface area contributed by atoms with Crippen LogP contribution in [0, 0.1) is 18.3 Å². The number of benzene rings is 1. The summed E-state index contributed by atoms with van der Waals surface area (Å²) < 4.78 is 0. The number of nitrogens with one attached hydrogen (secondary N) is 1. The van der Waals surface area contributed by atoms with Crippen LogP contribution in [0.3, 0.4) is 0 Å². The van der Waals surface area contributed by atoms with Crippen LogP contribution in [0.4, 0.5) is 5.95 Å². The van der Waals surface area contributed by atoms with E-state index in [1.165, 1.54) is 0 Å². The summed E-state index contributed by atoms with van der Waals surface area (Å²) in [5, 5.41) is 12.7. The van der Waals surface area contributed by atoms with Crippen LogP contribution < -0.4 is 5.32 Å². The summed E-state index contributed by atoms with van der Waals surface area (Å²) in [6.45, 7) is 3.80. The van der Waals surface area contributed by atoms with Gasteiger partial charge in [-0.1, -0.05) is 29.8 Å². The van der Waals surface area contributed by atoms with E-state index in [0.29, 0.717) is 16.7 Å². The molecule has 0 saturated heterocycles. The molecule has 1 aromatic carbocycles. The molecule has 1 atom stereocenters. The Kier molecular flexibility index (Phi) is 3.98. The van der Waals surface area contributed by atoms with Gasteiger partial charge >= 0.3 is 0 Å². The van der Waals surface area contributed by atoms with Crippen molar-refractivity contribution in [1.82, 2.24) is 9.97 Å². The van der Waals surface area contributed by atoms with Crippen molar-refractivity contribution in [3.8, 4) is 6.07 Å². The fourth-order valence-electron chi connectivity index (χ4n) is 1.79. The van der Waals surface area contributed by atoms with Crippen molar-refractivity contribution in [3.63, 3.8) is 0 Å². The van der Waals surface area contributed by atoms with Gasteiger partial charge in [-0.05, 0) is 31.5 Å². The zero-order valence-corrected chi connectivity index (χ0v) is 11.4. The molecule has 1 N–H and O–H groups in total. The number of hydrogen-bond acceptors (Lipinski definition) is 4. The lowest BCUT2D eigenvalue weighted by Gasteiger charge is -2.15. The Hall–Kier alpha value is -2.12. The minimum Gasteiger partial charge on any atom is -0.348 e. The van der Waals surface area contributed by atoms with Gasteiger partial charge in [0.15, 0.2) is 0 Å². The van der Waals surface area contributed by atoms with Crippen molar-refractivity contribution in [1.29, 1.82) is 5.26 Å². The summed E-state index contributed by atoms with van der Waals surface area (Å²) in [4.78, 5) is 8.38. The Labute approximate surface area is 117 Å². The van der Waals surface area contributed by atoms with Gasteiger partial charge in [0, 0.05) is 10.7 Å². The third kappa shape index (κ3) is 3.21.